The summed E-state index contributed by atoms with van der Waals surface area (Å²) >= 11 is 2.05. The molecule has 1 atom stereocenters. The smallest absolute Gasteiger partial charge is 0.119 e. The topological polar surface area (TPSA) is 21.3 Å². The minimum Gasteiger partial charge on any atom is -0.497 e. The third-order valence-electron chi connectivity index (χ3n) is 3.72. The van der Waals surface area contributed by atoms with E-state index in [1.807, 2.05) is 0 Å². The van der Waals surface area contributed by atoms with Gasteiger partial charge in [0.25, 0.3) is 0 Å². The van der Waals surface area contributed by atoms with Crippen molar-refractivity contribution < 1.29 is 4.74 Å². The number of fused-ring (bicyclic) bond motifs is 2. The minimum absolute atomic E-state index is 0.132. The normalized spacial score (nSPS) is 29.6. The number of rotatable bonds is 1. The first-order chi connectivity index (χ1) is 8.05. The number of thioether (sulfide) groups is 1. The first-order valence-corrected chi connectivity index (χ1v) is 7.14. The summed E-state index contributed by atoms with van der Waals surface area (Å²) in [6.45, 7) is 4.57. The van der Waals surface area contributed by atoms with Gasteiger partial charge in [-0.3, -0.25) is 5.32 Å². The lowest BCUT2D eigenvalue weighted by atomic mass is 10.0. The fourth-order valence-corrected chi connectivity index (χ4v) is 4.54. The van der Waals surface area contributed by atoms with Crippen molar-refractivity contribution in [3.8, 4) is 5.75 Å². The monoisotopic (exact) mass is 249 g/mol. The molecular weight excluding hydrogens is 230 g/mol. The molecule has 2 nitrogen and oxygen atoms in total. The highest BCUT2D eigenvalue weighted by molar-refractivity contribution is 8.00. The van der Waals surface area contributed by atoms with Gasteiger partial charge < -0.3 is 4.74 Å². The predicted octanol–water partition coefficient (Wildman–Crippen LogP) is 2.91. The highest BCUT2D eigenvalue weighted by Gasteiger charge is 2.48. The van der Waals surface area contributed by atoms with E-state index in [2.05, 4.69) is 49.1 Å². The van der Waals surface area contributed by atoms with Gasteiger partial charge in [-0.25, -0.2) is 0 Å². The molecule has 1 heterocycles. The van der Waals surface area contributed by atoms with Gasteiger partial charge in [-0.2, -0.15) is 0 Å². The van der Waals surface area contributed by atoms with Crippen LogP contribution in [0.1, 0.15) is 31.4 Å². The molecule has 3 rings (SSSR count). The van der Waals surface area contributed by atoms with E-state index in [0.29, 0.717) is 0 Å². The van der Waals surface area contributed by atoms with Crippen LogP contribution in [0.2, 0.25) is 0 Å². The number of benzene rings is 1. The lowest BCUT2D eigenvalue weighted by Crippen LogP contribution is -2.44. The second kappa shape index (κ2) is 3.66. The van der Waals surface area contributed by atoms with Crippen molar-refractivity contribution in [1.82, 2.24) is 5.32 Å². The molecule has 1 N–H and O–H groups in total. The number of hydrogen-bond donors (Lipinski definition) is 1. The Bertz CT molecular complexity index is 458. The SMILES string of the molecule is COc1ccc2c(c1)C1(CC2)NC(C)(C)CS1. The molecule has 0 aromatic heterocycles. The standard InChI is InChI=1S/C14H19NOS/c1-13(2)9-17-14(15-13)7-6-10-4-5-11(16-3)8-12(10)14/h4-5,8,15H,6-7,9H2,1-3H3. The lowest BCUT2D eigenvalue weighted by Gasteiger charge is -2.28. The highest BCUT2D eigenvalue weighted by atomic mass is 32.2. The fourth-order valence-electron chi connectivity index (χ4n) is 2.92. The number of ether oxygens (including phenoxy) is 1. The van der Waals surface area contributed by atoms with Gasteiger partial charge in [-0.1, -0.05) is 6.07 Å². The molecule has 1 aliphatic heterocycles. The summed E-state index contributed by atoms with van der Waals surface area (Å²) in [5, 5.41) is 3.82. The molecule has 1 aliphatic carbocycles. The van der Waals surface area contributed by atoms with Crippen molar-refractivity contribution >= 4 is 11.8 Å². The van der Waals surface area contributed by atoms with Gasteiger partial charge in [0.2, 0.25) is 0 Å². The van der Waals surface area contributed by atoms with Crippen LogP contribution in [0.4, 0.5) is 0 Å². The maximum atomic E-state index is 5.36. The van der Waals surface area contributed by atoms with Crippen LogP contribution in [-0.2, 0) is 11.3 Å². The van der Waals surface area contributed by atoms with Gasteiger partial charge >= 0.3 is 0 Å². The average Bonchev–Trinajstić information content (AvgIpc) is 2.81. The molecule has 1 spiro atoms. The summed E-state index contributed by atoms with van der Waals surface area (Å²) in [6.07, 6.45) is 2.37. The van der Waals surface area contributed by atoms with Crippen LogP contribution in [0.5, 0.6) is 5.75 Å². The van der Waals surface area contributed by atoms with Crippen molar-refractivity contribution in [2.24, 2.45) is 0 Å². The van der Waals surface area contributed by atoms with Gasteiger partial charge in [0.05, 0.1) is 12.0 Å². The van der Waals surface area contributed by atoms with E-state index in [-0.39, 0.29) is 10.4 Å². The van der Waals surface area contributed by atoms with E-state index in [9.17, 15) is 0 Å². The molecule has 1 fully saturated rings. The zero-order valence-corrected chi connectivity index (χ0v) is 11.5. The first-order valence-electron chi connectivity index (χ1n) is 6.15. The summed E-state index contributed by atoms with van der Waals surface area (Å²) in [5.41, 5.74) is 3.14. The van der Waals surface area contributed by atoms with Gasteiger partial charge in [0, 0.05) is 11.3 Å². The maximum Gasteiger partial charge on any atom is 0.119 e. The second-order valence-corrected chi connectivity index (χ2v) is 6.92. The summed E-state index contributed by atoms with van der Waals surface area (Å²) in [7, 11) is 1.74. The molecule has 1 aromatic carbocycles. The Morgan fingerprint density at radius 1 is 1.35 bits per heavy atom. The van der Waals surface area contributed by atoms with E-state index in [1.54, 1.807) is 7.11 Å². The Morgan fingerprint density at radius 3 is 2.82 bits per heavy atom. The Kier molecular flexibility index (Phi) is 2.46. The molecule has 0 radical (unpaired) electrons. The summed E-state index contributed by atoms with van der Waals surface area (Å²) < 4.78 is 5.36. The molecule has 3 heteroatoms. The van der Waals surface area contributed by atoms with Crippen molar-refractivity contribution in [3.05, 3.63) is 29.3 Å². The molecular formula is C14H19NOS. The van der Waals surface area contributed by atoms with Crippen molar-refractivity contribution in [3.63, 3.8) is 0 Å². The quantitative estimate of drug-likeness (QED) is 0.827. The predicted molar refractivity (Wildman–Crippen MR) is 72.7 cm³/mol. The number of aryl methyl sites for hydroxylation is 1. The van der Waals surface area contributed by atoms with Crippen LogP contribution >= 0.6 is 11.8 Å². The molecule has 0 bridgehead atoms. The number of hydrogen-bond acceptors (Lipinski definition) is 3. The third kappa shape index (κ3) is 1.76. The molecule has 1 aromatic rings. The molecule has 0 saturated carbocycles. The van der Waals surface area contributed by atoms with Gasteiger partial charge in [-0.15, -0.1) is 11.8 Å². The summed E-state index contributed by atoms with van der Waals surface area (Å²) in [5.74, 6) is 2.14. The van der Waals surface area contributed by atoms with Crippen molar-refractivity contribution in [2.75, 3.05) is 12.9 Å². The second-order valence-electron chi connectivity index (χ2n) is 5.65. The largest absolute Gasteiger partial charge is 0.497 e. The molecule has 17 heavy (non-hydrogen) atoms. The van der Waals surface area contributed by atoms with E-state index >= 15 is 0 Å². The number of methoxy groups -OCH3 is 1. The van der Waals surface area contributed by atoms with Crippen molar-refractivity contribution in [2.45, 2.75) is 37.1 Å². The third-order valence-corrected chi connectivity index (χ3v) is 5.60. The van der Waals surface area contributed by atoms with Gasteiger partial charge in [0.1, 0.15) is 5.75 Å². The van der Waals surface area contributed by atoms with Crippen LogP contribution in [0.25, 0.3) is 0 Å². The number of nitrogens with one attached hydrogen (secondary N) is 1. The van der Waals surface area contributed by atoms with Crippen molar-refractivity contribution in [1.29, 1.82) is 0 Å². The van der Waals surface area contributed by atoms with Gasteiger partial charge in [-0.05, 0) is 49.9 Å². The van der Waals surface area contributed by atoms with E-state index in [4.69, 9.17) is 4.74 Å². The van der Waals surface area contributed by atoms with E-state index in [0.717, 1.165) is 5.75 Å². The van der Waals surface area contributed by atoms with E-state index in [1.165, 1.54) is 29.7 Å². The minimum atomic E-state index is 0.132. The Morgan fingerprint density at radius 2 is 2.18 bits per heavy atom. The summed E-state index contributed by atoms with van der Waals surface area (Å²) in [4.78, 5) is 0.132. The fraction of sp³-hybridized carbons (Fsp3) is 0.571. The van der Waals surface area contributed by atoms with Crippen LogP contribution < -0.4 is 10.1 Å². The zero-order chi connectivity index (χ0) is 12.1. The molecule has 92 valence electrons. The van der Waals surface area contributed by atoms with Gasteiger partial charge in [0.15, 0.2) is 0 Å². The lowest BCUT2D eigenvalue weighted by molar-refractivity contribution is 0.366. The average molecular weight is 249 g/mol. The Balaban J connectivity index is 2.03. The van der Waals surface area contributed by atoms with E-state index < -0.39 is 0 Å². The molecule has 0 amide bonds. The molecule has 1 unspecified atom stereocenters. The van der Waals surface area contributed by atoms with Crippen LogP contribution in [0, 0.1) is 0 Å². The maximum absolute atomic E-state index is 5.36. The molecule has 2 aliphatic rings. The summed E-state index contributed by atoms with van der Waals surface area (Å²) in [6, 6.07) is 6.50. The Labute approximate surface area is 107 Å². The first kappa shape index (κ1) is 11.4. The van der Waals surface area contributed by atoms with Crippen LogP contribution in [-0.4, -0.2) is 18.4 Å². The van der Waals surface area contributed by atoms with Crippen LogP contribution in [0.15, 0.2) is 18.2 Å². The zero-order valence-electron chi connectivity index (χ0n) is 10.7. The molecule has 1 saturated heterocycles. The highest BCUT2D eigenvalue weighted by Crippen LogP contribution is 2.51. The van der Waals surface area contributed by atoms with Crippen LogP contribution in [0.3, 0.4) is 0 Å². The Hall–Kier alpha value is -0.670.